The molecule has 1 unspecified atom stereocenters. The Morgan fingerprint density at radius 2 is 1.74 bits per heavy atom. The minimum Gasteiger partial charge on any atom is -0.456 e. The van der Waals surface area contributed by atoms with Gasteiger partial charge < -0.3 is 24.7 Å². The van der Waals surface area contributed by atoms with Crippen molar-refractivity contribution >= 4 is 55.5 Å². The standard InChI is InChI=1S/C44H41ClN6O6S/c45-34-8-6-32(7-9-34)43(31-4-2-1-3-5-31)51-22-20-50(21-23-51)35-10-13-38(42(27-35)57-36-11-14-39-33(26-36)16-19-46-39)44(52)49-58(54,55)37-12-15-40(41(28-37)48-53)47-29-30-17-24-56-25-18-30/h2,4-16,19,26-28,30,43,46-47H,17-18,20-25,29H2,(H,49,52)/p+1. The van der Waals surface area contributed by atoms with Gasteiger partial charge in [-0.1, -0.05) is 35.9 Å². The van der Waals surface area contributed by atoms with E-state index < -0.39 is 15.9 Å². The maximum atomic E-state index is 13.9. The van der Waals surface area contributed by atoms with Gasteiger partial charge >= 0.3 is 0 Å². The van der Waals surface area contributed by atoms with Crippen LogP contribution in [-0.2, 0) is 14.8 Å². The van der Waals surface area contributed by atoms with Crippen LogP contribution in [0.3, 0.4) is 0 Å². The Hall–Kier alpha value is -5.91. The lowest BCUT2D eigenvalue weighted by atomic mass is 9.97. The van der Waals surface area contributed by atoms with Gasteiger partial charge in [0.2, 0.25) is 0 Å². The Kier molecular flexibility index (Phi) is 11.6. The fraction of sp³-hybridized carbons (Fsp3) is 0.250. The molecular weight excluding hydrogens is 776 g/mol. The summed E-state index contributed by atoms with van der Waals surface area (Å²) in [5, 5.41) is 6.67. The number of benzene rings is 4. The van der Waals surface area contributed by atoms with Gasteiger partial charge in [0.1, 0.15) is 17.2 Å². The second-order valence-corrected chi connectivity index (χ2v) is 16.6. The number of aromatic amines is 1. The number of carbonyl (C=O) groups excluding carboxylic acids is 1. The van der Waals surface area contributed by atoms with E-state index in [1.807, 2.05) is 53.8 Å². The number of carbonyl (C=O) groups is 1. The van der Waals surface area contributed by atoms with Crippen LogP contribution in [0.5, 0.6) is 11.5 Å². The second-order valence-electron chi connectivity index (χ2n) is 14.4. The maximum absolute atomic E-state index is 13.9. The Morgan fingerprint density at radius 3 is 2.50 bits per heavy atom. The topological polar surface area (TPSA) is 147 Å². The van der Waals surface area contributed by atoms with Crippen LogP contribution in [0, 0.1) is 23.0 Å². The van der Waals surface area contributed by atoms with Crippen molar-refractivity contribution in [1.82, 2.24) is 14.6 Å². The zero-order valence-electron chi connectivity index (χ0n) is 31.5. The van der Waals surface area contributed by atoms with Crippen molar-refractivity contribution in [3.05, 3.63) is 148 Å². The van der Waals surface area contributed by atoms with Crippen LogP contribution >= 0.6 is 11.6 Å². The number of aromatic nitrogens is 1. The number of anilines is 2. The van der Waals surface area contributed by atoms with Gasteiger partial charge in [-0.3, -0.25) is 9.69 Å². The molecule has 1 amide bonds. The Bertz CT molecular complexity index is 2500. The summed E-state index contributed by atoms with van der Waals surface area (Å²) >= 11 is 6.24. The number of amides is 1. The number of halogens is 1. The Morgan fingerprint density at radius 1 is 0.931 bits per heavy atom. The van der Waals surface area contributed by atoms with Crippen molar-refractivity contribution in [2.24, 2.45) is 5.92 Å². The van der Waals surface area contributed by atoms with Crippen molar-refractivity contribution in [2.45, 2.75) is 23.8 Å². The lowest BCUT2D eigenvalue weighted by Crippen LogP contribution is -2.56. The first kappa shape index (κ1) is 38.9. The number of nitrogens with one attached hydrogen (secondary N) is 4. The molecular formula is C44H42ClN6O6S+. The zero-order valence-corrected chi connectivity index (χ0v) is 33.1. The molecule has 14 heteroatoms. The van der Waals surface area contributed by atoms with E-state index >= 15 is 0 Å². The third-order valence-electron chi connectivity index (χ3n) is 10.8. The average molecular weight is 818 g/mol. The number of nitroso groups, excluding NO2 is 1. The molecule has 0 spiro atoms. The smallest absolute Gasteiger partial charge is 0.277 e. The molecule has 0 radical (unpaired) electrons. The van der Waals surface area contributed by atoms with Gasteiger partial charge in [0.15, 0.2) is 0 Å². The summed E-state index contributed by atoms with van der Waals surface area (Å²) in [6.45, 7) is 4.80. The first-order chi connectivity index (χ1) is 28.2. The monoisotopic (exact) mass is 817 g/mol. The Balaban J connectivity index is 1.03. The van der Waals surface area contributed by atoms with Crippen molar-refractivity contribution < 1.29 is 27.9 Å². The molecule has 2 saturated heterocycles. The molecule has 6 aromatic rings. The van der Waals surface area contributed by atoms with Crippen molar-refractivity contribution in [2.75, 3.05) is 56.2 Å². The number of nitrogens with zero attached hydrogens (tertiary/aromatic N) is 2. The molecule has 0 bridgehead atoms. The van der Waals surface area contributed by atoms with E-state index in [1.54, 1.807) is 24.3 Å². The molecule has 5 aromatic carbocycles. The number of H-pyrrole nitrogens is 1. The fourth-order valence-electron chi connectivity index (χ4n) is 7.60. The molecule has 4 N–H and O–H groups in total. The van der Waals surface area contributed by atoms with Crippen molar-refractivity contribution in [3.63, 3.8) is 0 Å². The quantitative estimate of drug-likeness (QED) is 0.102. The van der Waals surface area contributed by atoms with E-state index in [1.165, 1.54) is 18.2 Å². The van der Waals surface area contributed by atoms with Crippen LogP contribution in [0.1, 0.15) is 40.4 Å². The highest BCUT2D eigenvalue weighted by Crippen LogP contribution is 2.35. The highest BCUT2D eigenvalue weighted by molar-refractivity contribution is 7.90. The van der Waals surface area contributed by atoms with Crippen LogP contribution in [0.25, 0.3) is 10.9 Å². The first-order valence-electron chi connectivity index (χ1n) is 19.2. The normalized spacial score (nSPS) is 15.7. The number of hydrogen-bond donors (Lipinski definition) is 4. The first-order valence-corrected chi connectivity index (χ1v) is 21.0. The predicted octanol–water partition coefficient (Wildman–Crippen LogP) is 6.56. The molecule has 1 aromatic heterocycles. The summed E-state index contributed by atoms with van der Waals surface area (Å²) in [4.78, 5) is 33.4. The maximum Gasteiger partial charge on any atom is 0.277 e. The van der Waals surface area contributed by atoms with Gasteiger partial charge in [-0.15, -0.1) is 0 Å². The minimum absolute atomic E-state index is 0.00872. The van der Waals surface area contributed by atoms with Crippen LogP contribution in [0.2, 0.25) is 5.02 Å². The van der Waals surface area contributed by atoms with E-state index in [4.69, 9.17) is 21.1 Å². The van der Waals surface area contributed by atoms with Gasteiger partial charge in [0.25, 0.3) is 21.6 Å². The number of sulfonamides is 1. The molecule has 58 heavy (non-hydrogen) atoms. The van der Waals surface area contributed by atoms with Crippen molar-refractivity contribution in [1.29, 1.82) is 0 Å². The van der Waals surface area contributed by atoms with E-state index in [-0.39, 0.29) is 27.9 Å². The van der Waals surface area contributed by atoms with E-state index in [0.717, 1.165) is 53.6 Å². The fourth-order valence-corrected chi connectivity index (χ4v) is 8.72. The molecule has 12 nitrogen and oxygen atoms in total. The van der Waals surface area contributed by atoms with Crippen LogP contribution in [0.4, 0.5) is 17.1 Å². The molecule has 1 atom stereocenters. The highest BCUT2D eigenvalue weighted by atomic mass is 35.5. The minimum atomic E-state index is -4.41. The van der Waals surface area contributed by atoms with Gasteiger partial charge in [0, 0.05) is 96.0 Å². The molecule has 2 aliphatic heterocycles. The molecule has 296 valence electrons. The lowest BCUT2D eigenvalue weighted by Gasteiger charge is -2.40. The van der Waals surface area contributed by atoms with E-state index in [9.17, 15) is 18.1 Å². The summed E-state index contributed by atoms with van der Waals surface area (Å²) in [6.07, 6.45) is 3.62. The molecule has 0 aliphatic carbocycles. The van der Waals surface area contributed by atoms with Gasteiger partial charge in [-0.2, -0.15) is 0 Å². The average Bonchev–Trinajstić information content (AvgIpc) is 3.73. The molecule has 8 rings (SSSR count). The van der Waals surface area contributed by atoms with Crippen LogP contribution in [-0.4, -0.2) is 70.1 Å². The van der Waals surface area contributed by atoms with Crippen LogP contribution < -0.4 is 24.9 Å². The predicted molar refractivity (Wildman–Crippen MR) is 223 cm³/mol. The molecule has 2 fully saturated rings. The molecule has 0 saturated carbocycles. The highest BCUT2D eigenvalue weighted by Gasteiger charge is 2.29. The zero-order chi connectivity index (χ0) is 40.1. The number of ether oxygens (including phenoxy) is 2. The summed E-state index contributed by atoms with van der Waals surface area (Å²) in [7, 11) is -4.41. The second kappa shape index (κ2) is 17.3. The summed E-state index contributed by atoms with van der Waals surface area (Å²) < 4.78 is 41.3. The van der Waals surface area contributed by atoms with Gasteiger partial charge in [-0.05, 0) is 109 Å². The van der Waals surface area contributed by atoms with E-state index in [2.05, 4.69) is 55.2 Å². The van der Waals surface area contributed by atoms with E-state index in [0.29, 0.717) is 55.2 Å². The third kappa shape index (κ3) is 8.80. The number of piperazine rings is 1. The molecule has 2 aliphatic rings. The Labute approximate surface area is 342 Å². The number of rotatable bonds is 13. The number of hydrogen-bond acceptors (Lipinski definition) is 9. The van der Waals surface area contributed by atoms with Crippen molar-refractivity contribution in [3.8, 4) is 11.5 Å². The number of fused-ring (bicyclic) bond motifs is 1. The van der Waals surface area contributed by atoms with Crippen LogP contribution in [0.15, 0.2) is 114 Å². The summed E-state index contributed by atoms with van der Waals surface area (Å²) in [5.74, 6) is 0.157. The SMILES string of the molecule is O=[NH+]c1cc(S(=O)(=O)NC(=O)c2ccc(N3CCN(C(c4cc#ccc4)c4ccc(Cl)cc4)CC3)cc2Oc2ccc3[nH]ccc3c2)ccc1NCC1CCOCC1. The largest absolute Gasteiger partial charge is 0.456 e. The third-order valence-corrected chi connectivity index (χ3v) is 12.3. The summed E-state index contributed by atoms with van der Waals surface area (Å²) in [6, 6.07) is 36.6. The summed E-state index contributed by atoms with van der Waals surface area (Å²) in [5.41, 5.74) is 4.51. The van der Waals surface area contributed by atoms with Gasteiger partial charge in [0.05, 0.1) is 16.5 Å². The lowest BCUT2D eigenvalue weighted by molar-refractivity contribution is -0.378. The van der Waals surface area contributed by atoms with Gasteiger partial charge in [-0.25, -0.2) is 13.1 Å². The molecule has 3 heterocycles.